The lowest BCUT2D eigenvalue weighted by Gasteiger charge is -2.33. The molecule has 0 bridgehead atoms. The maximum Gasteiger partial charge on any atom is 0.0551 e. The van der Waals surface area contributed by atoms with Crippen molar-refractivity contribution in [2.24, 2.45) is 5.92 Å². The van der Waals surface area contributed by atoms with Crippen LogP contribution < -0.4 is 5.32 Å². The van der Waals surface area contributed by atoms with Gasteiger partial charge in [-0.05, 0) is 65.5 Å². The fraction of sp³-hybridized carbons (Fsp3) is 0.625. The van der Waals surface area contributed by atoms with E-state index in [4.69, 9.17) is 11.6 Å². The van der Waals surface area contributed by atoms with E-state index >= 15 is 0 Å². The van der Waals surface area contributed by atoms with Crippen LogP contribution in [0.5, 0.6) is 0 Å². The molecule has 0 aliphatic carbocycles. The van der Waals surface area contributed by atoms with Gasteiger partial charge in [0.25, 0.3) is 0 Å². The van der Waals surface area contributed by atoms with Crippen molar-refractivity contribution in [1.82, 2.24) is 10.2 Å². The Morgan fingerprint density at radius 1 is 1.45 bits per heavy atom. The number of nitrogens with zero attached hydrogens (tertiary/aromatic N) is 1. The van der Waals surface area contributed by atoms with Crippen LogP contribution in [0, 0.1) is 5.92 Å². The minimum atomic E-state index is 0.579. The van der Waals surface area contributed by atoms with Gasteiger partial charge in [-0.3, -0.25) is 4.90 Å². The van der Waals surface area contributed by atoms with Crippen molar-refractivity contribution in [2.75, 3.05) is 19.6 Å². The molecule has 1 saturated heterocycles. The van der Waals surface area contributed by atoms with Crippen molar-refractivity contribution in [1.29, 1.82) is 0 Å². The summed E-state index contributed by atoms with van der Waals surface area (Å²) in [4.78, 5) is 2.55. The summed E-state index contributed by atoms with van der Waals surface area (Å²) in [5.41, 5.74) is 1.30. The largest absolute Gasteiger partial charge is 0.314 e. The van der Waals surface area contributed by atoms with Crippen molar-refractivity contribution in [3.63, 3.8) is 0 Å². The van der Waals surface area contributed by atoms with Crippen LogP contribution in [0.25, 0.3) is 0 Å². The molecule has 0 amide bonds. The van der Waals surface area contributed by atoms with E-state index in [-0.39, 0.29) is 0 Å². The summed E-state index contributed by atoms with van der Waals surface area (Å²) >= 11 is 9.61. The number of hydrogen-bond donors (Lipinski definition) is 1. The van der Waals surface area contributed by atoms with Crippen molar-refractivity contribution in [2.45, 2.75) is 39.3 Å². The quantitative estimate of drug-likeness (QED) is 0.842. The first kappa shape index (κ1) is 16.3. The molecule has 4 heteroatoms. The fourth-order valence-corrected chi connectivity index (χ4v) is 3.21. The first-order chi connectivity index (χ1) is 9.54. The minimum absolute atomic E-state index is 0.579. The van der Waals surface area contributed by atoms with Gasteiger partial charge in [-0.25, -0.2) is 0 Å². The molecule has 0 radical (unpaired) electrons. The summed E-state index contributed by atoms with van der Waals surface area (Å²) < 4.78 is 0.973. The van der Waals surface area contributed by atoms with Gasteiger partial charge >= 0.3 is 0 Å². The van der Waals surface area contributed by atoms with E-state index in [9.17, 15) is 0 Å². The van der Waals surface area contributed by atoms with Crippen LogP contribution >= 0.6 is 27.5 Å². The second-order valence-corrected chi connectivity index (χ2v) is 7.32. The summed E-state index contributed by atoms with van der Waals surface area (Å²) in [6.45, 7) is 8.95. The van der Waals surface area contributed by atoms with Crippen LogP contribution in [0.3, 0.4) is 0 Å². The van der Waals surface area contributed by atoms with E-state index in [1.165, 1.54) is 31.5 Å². The summed E-state index contributed by atoms with van der Waals surface area (Å²) in [5, 5.41) is 4.37. The Kier molecular flexibility index (Phi) is 6.34. The highest BCUT2D eigenvalue weighted by molar-refractivity contribution is 9.10. The zero-order valence-electron chi connectivity index (χ0n) is 12.3. The monoisotopic (exact) mass is 358 g/mol. The number of rotatable bonds is 5. The predicted molar refractivity (Wildman–Crippen MR) is 90.3 cm³/mol. The molecule has 1 aliphatic rings. The molecule has 1 aromatic rings. The van der Waals surface area contributed by atoms with Crippen LogP contribution in [0.15, 0.2) is 22.7 Å². The highest BCUT2D eigenvalue weighted by atomic mass is 79.9. The average Bonchev–Trinajstić information content (AvgIpc) is 2.41. The predicted octanol–water partition coefficient (Wildman–Crippen LogP) is 4.31. The molecule has 1 N–H and O–H groups in total. The van der Waals surface area contributed by atoms with E-state index in [1.807, 2.05) is 6.07 Å². The lowest BCUT2D eigenvalue weighted by atomic mass is 9.97. The van der Waals surface area contributed by atoms with Crippen molar-refractivity contribution < 1.29 is 0 Å². The van der Waals surface area contributed by atoms with Gasteiger partial charge < -0.3 is 5.32 Å². The lowest BCUT2D eigenvalue weighted by Crippen LogP contribution is -2.40. The normalized spacial score (nSPS) is 20.6. The standard InChI is InChI=1S/C16H24BrClN2/c1-12(2)19-9-14-4-3-7-20(11-14)10-13-5-6-15(17)16(18)8-13/h5-6,8,12,14,19H,3-4,7,9-11H2,1-2H3. The smallest absolute Gasteiger partial charge is 0.0551 e. The van der Waals surface area contributed by atoms with Gasteiger partial charge in [-0.2, -0.15) is 0 Å². The van der Waals surface area contributed by atoms with E-state index in [0.29, 0.717) is 6.04 Å². The Morgan fingerprint density at radius 2 is 2.25 bits per heavy atom. The third kappa shape index (κ3) is 5.03. The molecule has 0 saturated carbocycles. The number of hydrogen-bond acceptors (Lipinski definition) is 2. The molecule has 1 unspecified atom stereocenters. The average molecular weight is 360 g/mol. The van der Waals surface area contributed by atoms with Crippen LogP contribution in [-0.2, 0) is 6.54 Å². The van der Waals surface area contributed by atoms with E-state index in [0.717, 1.165) is 28.5 Å². The van der Waals surface area contributed by atoms with Gasteiger partial charge in [0, 0.05) is 23.6 Å². The molecule has 1 aliphatic heterocycles. The summed E-state index contributed by atoms with van der Waals surface area (Å²) in [6, 6.07) is 6.85. The number of likely N-dealkylation sites (tertiary alicyclic amines) is 1. The van der Waals surface area contributed by atoms with Crippen LogP contribution in [0.4, 0.5) is 0 Å². The van der Waals surface area contributed by atoms with Gasteiger partial charge in [-0.1, -0.05) is 31.5 Å². The first-order valence-electron chi connectivity index (χ1n) is 7.44. The molecule has 2 nitrogen and oxygen atoms in total. The van der Waals surface area contributed by atoms with Crippen LogP contribution in [0.1, 0.15) is 32.3 Å². The molecule has 0 aromatic heterocycles. The lowest BCUT2D eigenvalue weighted by molar-refractivity contribution is 0.164. The van der Waals surface area contributed by atoms with Gasteiger partial charge in [0.15, 0.2) is 0 Å². The molecule has 20 heavy (non-hydrogen) atoms. The van der Waals surface area contributed by atoms with Gasteiger partial charge in [0.05, 0.1) is 5.02 Å². The van der Waals surface area contributed by atoms with E-state index < -0.39 is 0 Å². The number of benzene rings is 1. The molecule has 1 fully saturated rings. The zero-order chi connectivity index (χ0) is 14.5. The summed E-state index contributed by atoms with van der Waals surface area (Å²) in [5.74, 6) is 0.775. The molecular weight excluding hydrogens is 336 g/mol. The van der Waals surface area contributed by atoms with Crippen LogP contribution in [-0.4, -0.2) is 30.6 Å². The SMILES string of the molecule is CC(C)NCC1CCCN(Cc2ccc(Br)c(Cl)c2)C1. The Labute approximate surface area is 136 Å². The van der Waals surface area contributed by atoms with Gasteiger partial charge in [0.2, 0.25) is 0 Å². The van der Waals surface area contributed by atoms with Gasteiger partial charge in [-0.15, -0.1) is 0 Å². The maximum atomic E-state index is 6.17. The number of nitrogens with one attached hydrogen (secondary N) is 1. The summed E-state index contributed by atoms with van der Waals surface area (Å²) in [7, 11) is 0. The van der Waals surface area contributed by atoms with Crippen molar-refractivity contribution in [3.05, 3.63) is 33.3 Å². The zero-order valence-corrected chi connectivity index (χ0v) is 14.7. The number of halogens is 2. The minimum Gasteiger partial charge on any atom is -0.314 e. The molecule has 112 valence electrons. The molecule has 1 heterocycles. The third-order valence-corrected chi connectivity index (χ3v) is 5.04. The topological polar surface area (TPSA) is 15.3 Å². The highest BCUT2D eigenvalue weighted by Crippen LogP contribution is 2.25. The van der Waals surface area contributed by atoms with Crippen LogP contribution in [0.2, 0.25) is 5.02 Å². The summed E-state index contributed by atoms with van der Waals surface area (Å²) in [6.07, 6.45) is 2.64. The molecule has 1 aromatic carbocycles. The van der Waals surface area contributed by atoms with E-state index in [2.05, 4.69) is 52.1 Å². The Hall–Kier alpha value is -0.0900. The fourth-order valence-electron chi connectivity index (χ4n) is 2.76. The third-order valence-electron chi connectivity index (χ3n) is 3.81. The maximum absolute atomic E-state index is 6.17. The number of piperidine rings is 1. The molecule has 0 spiro atoms. The Balaban J connectivity index is 1.87. The van der Waals surface area contributed by atoms with Crippen molar-refractivity contribution >= 4 is 27.5 Å². The molecule has 1 atom stereocenters. The first-order valence-corrected chi connectivity index (χ1v) is 8.61. The Bertz CT molecular complexity index is 436. The second-order valence-electron chi connectivity index (χ2n) is 6.05. The molecule has 2 rings (SSSR count). The second kappa shape index (κ2) is 7.79. The van der Waals surface area contributed by atoms with Crippen molar-refractivity contribution in [3.8, 4) is 0 Å². The molecular formula is C16H24BrClN2. The highest BCUT2D eigenvalue weighted by Gasteiger charge is 2.20. The Morgan fingerprint density at radius 3 is 2.95 bits per heavy atom. The van der Waals surface area contributed by atoms with E-state index in [1.54, 1.807) is 0 Å². The van der Waals surface area contributed by atoms with Gasteiger partial charge in [0.1, 0.15) is 0 Å².